The van der Waals surface area contributed by atoms with Crippen LogP contribution in [0.15, 0.2) is 35.5 Å². The quantitative estimate of drug-likeness (QED) is 0.111. The van der Waals surface area contributed by atoms with Gasteiger partial charge in [-0.2, -0.15) is 0 Å². The number of sulfone groups is 1. The lowest BCUT2D eigenvalue weighted by molar-refractivity contribution is 0.000948. The molecule has 4 atom stereocenters. The first-order valence-corrected chi connectivity index (χ1v) is 23.6. The summed E-state index contributed by atoms with van der Waals surface area (Å²) in [5.74, 6) is 2.04. The SMILES string of the molecule is CC(C)[Si](C#Cc1c(F)ccc2cccc(-c3nc4c5c(nc(S(C)(=O)=O)nc5c3F)N3C[C@H]5CC[C@@H]([C@H]3[C@H](C)O4)N5C(=O)OC(C)(C)C)c12)(C(C)C)C(C)C. The highest BCUT2D eigenvalue weighted by Crippen LogP contribution is 2.47. The van der Waals surface area contributed by atoms with Gasteiger partial charge in [-0.05, 0) is 68.6 Å². The van der Waals surface area contributed by atoms with Crippen LogP contribution in [-0.2, 0) is 14.6 Å². The van der Waals surface area contributed by atoms with E-state index >= 15 is 8.78 Å². The van der Waals surface area contributed by atoms with E-state index in [1.165, 1.54) is 6.07 Å². The maximum Gasteiger partial charge on any atom is 0.410 e. The molecule has 2 fully saturated rings. The Morgan fingerprint density at radius 1 is 0.982 bits per heavy atom. The molecule has 2 bridgehead atoms. The molecule has 298 valence electrons. The summed E-state index contributed by atoms with van der Waals surface area (Å²) in [6.45, 7) is 20.7. The van der Waals surface area contributed by atoms with E-state index in [1.54, 1.807) is 23.1 Å². The maximum atomic E-state index is 17.4. The van der Waals surface area contributed by atoms with Crippen molar-refractivity contribution in [1.29, 1.82) is 0 Å². The maximum absolute atomic E-state index is 17.4. The summed E-state index contributed by atoms with van der Waals surface area (Å²) >= 11 is 0. The normalized spacial score (nSPS) is 21.0. The monoisotopic (exact) mass is 803 g/mol. The number of anilines is 1. The Bertz CT molecular complexity index is 2420. The molecule has 0 N–H and O–H groups in total. The van der Waals surface area contributed by atoms with Gasteiger partial charge in [0.2, 0.25) is 20.9 Å². The number of hydrogen-bond donors (Lipinski definition) is 0. The van der Waals surface area contributed by atoms with E-state index < -0.39 is 58.5 Å². The molecule has 0 aliphatic carbocycles. The molecule has 1 amide bonds. The van der Waals surface area contributed by atoms with Gasteiger partial charge in [-0.15, -0.1) is 5.54 Å². The first-order valence-electron chi connectivity index (χ1n) is 19.5. The van der Waals surface area contributed by atoms with Crippen LogP contribution in [-0.4, -0.2) is 85.1 Å². The van der Waals surface area contributed by atoms with Crippen molar-refractivity contribution < 1.29 is 31.5 Å². The number of fused-ring (bicyclic) bond motifs is 6. The van der Waals surface area contributed by atoms with Crippen molar-refractivity contribution in [2.75, 3.05) is 17.7 Å². The molecule has 5 heterocycles. The minimum Gasteiger partial charge on any atom is -0.472 e. The summed E-state index contributed by atoms with van der Waals surface area (Å²) in [6, 6.07) is 7.09. The number of pyridine rings is 1. The number of carbonyl (C=O) groups excluding carboxylic acids is 1. The third-order valence-electron chi connectivity index (χ3n) is 11.9. The molecule has 56 heavy (non-hydrogen) atoms. The number of hydrogen-bond acceptors (Lipinski definition) is 9. The number of aromatic nitrogens is 3. The van der Waals surface area contributed by atoms with Crippen LogP contribution in [0.4, 0.5) is 19.4 Å². The van der Waals surface area contributed by atoms with Crippen LogP contribution in [0.5, 0.6) is 5.88 Å². The Morgan fingerprint density at radius 2 is 1.66 bits per heavy atom. The summed E-state index contributed by atoms with van der Waals surface area (Å²) in [5.41, 5.74) is 3.76. The minimum absolute atomic E-state index is 0.0138. The molecular weight excluding hydrogens is 753 g/mol. The van der Waals surface area contributed by atoms with Gasteiger partial charge < -0.3 is 14.4 Å². The van der Waals surface area contributed by atoms with Crippen LogP contribution >= 0.6 is 0 Å². The number of carbonyl (C=O) groups is 1. The van der Waals surface area contributed by atoms with Gasteiger partial charge in [-0.1, -0.05) is 71.7 Å². The van der Waals surface area contributed by atoms with E-state index in [9.17, 15) is 13.2 Å². The average Bonchev–Trinajstić information content (AvgIpc) is 3.34. The van der Waals surface area contributed by atoms with E-state index in [2.05, 4.69) is 63.0 Å². The lowest BCUT2D eigenvalue weighted by Crippen LogP contribution is -2.65. The topological polar surface area (TPSA) is 115 Å². The summed E-state index contributed by atoms with van der Waals surface area (Å²) < 4.78 is 72.3. The Labute approximate surface area is 329 Å². The second kappa shape index (κ2) is 13.9. The number of ether oxygens (including phenoxy) is 2. The van der Waals surface area contributed by atoms with Crippen molar-refractivity contribution in [1.82, 2.24) is 19.9 Å². The number of nitrogens with zero attached hydrogens (tertiary/aromatic N) is 5. The number of piperazine rings is 1. The first-order chi connectivity index (χ1) is 26.2. The van der Waals surface area contributed by atoms with Gasteiger partial charge in [0.1, 0.15) is 48.0 Å². The van der Waals surface area contributed by atoms with E-state index in [0.29, 0.717) is 40.2 Å². The van der Waals surface area contributed by atoms with Gasteiger partial charge in [-0.3, -0.25) is 4.90 Å². The molecule has 3 aliphatic rings. The molecular formula is C42H51F2N5O5SSi. The van der Waals surface area contributed by atoms with Crippen LogP contribution in [0.25, 0.3) is 32.9 Å². The zero-order valence-electron chi connectivity index (χ0n) is 34.0. The first kappa shape index (κ1) is 39.9. The smallest absolute Gasteiger partial charge is 0.410 e. The molecule has 7 rings (SSSR count). The standard InChI is InChI=1S/C42H51F2N5O5SSi/c1-22(2)56(23(3)4,24(5)6)20-19-28-30(43)17-15-26-13-12-14-29(32(26)28)35-34(44)36-33-38(47-40(46-36)55(11,51)52)48-21-27-16-18-31(37(48)25(7)53-39(33)45-35)49(27)41(50)54-42(8,9)10/h12-15,17,22-25,27,31,37H,16,18,21H2,1-11H3/t25-,27+,31-,37+/m0/s1. The van der Waals surface area contributed by atoms with E-state index in [4.69, 9.17) is 14.5 Å². The molecule has 2 aromatic heterocycles. The van der Waals surface area contributed by atoms with Crippen molar-refractivity contribution in [3.05, 3.63) is 47.5 Å². The van der Waals surface area contributed by atoms with E-state index in [0.717, 1.165) is 6.26 Å². The highest BCUT2D eigenvalue weighted by molar-refractivity contribution is 7.90. The van der Waals surface area contributed by atoms with Crippen molar-refractivity contribution in [2.45, 2.75) is 134 Å². The van der Waals surface area contributed by atoms with Crippen LogP contribution in [0.1, 0.15) is 87.6 Å². The van der Waals surface area contributed by atoms with Gasteiger partial charge >= 0.3 is 6.09 Å². The zero-order chi connectivity index (χ0) is 40.8. The fourth-order valence-corrected chi connectivity index (χ4v) is 15.4. The predicted octanol–water partition coefficient (Wildman–Crippen LogP) is 8.83. The van der Waals surface area contributed by atoms with Crippen LogP contribution in [0.3, 0.4) is 0 Å². The lowest BCUT2D eigenvalue weighted by atomic mass is 9.96. The molecule has 0 saturated carbocycles. The van der Waals surface area contributed by atoms with Crippen molar-refractivity contribution in [2.24, 2.45) is 0 Å². The van der Waals surface area contributed by atoms with Crippen LogP contribution in [0.2, 0.25) is 16.6 Å². The number of benzene rings is 2. The van der Waals surface area contributed by atoms with E-state index in [1.807, 2.05) is 38.7 Å². The zero-order valence-corrected chi connectivity index (χ0v) is 35.8. The van der Waals surface area contributed by atoms with Gasteiger partial charge in [0, 0.05) is 23.8 Å². The molecule has 2 saturated heterocycles. The Hall–Kier alpha value is -4.35. The third kappa shape index (κ3) is 6.48. The summed E-state index contributed by atoms with van der Waals surface area (Å²) in [5, 5.41) is 0.603. The molecule has 14 heteroatoms. The third-order valence-corrected chi connectivity index (χ3v) is 19.1. The molecule has 10 nitrogen and oxygen atoms in total. The summed E-state index contributed by atoms with van der Waals surface area (Å²) in [4.78, 5) is 31.0. The van der Waals surface area contributed by atoms with Gasteiger partial charge in [0.05, 0.1) is 23.7 Å². The predicted molar refractivity (Wildman–Crippen MR) is 217 cm³/mol. The second-order valence-electron chi connectivity index (χ2n) is 17.5. The summed E-state index contributed by atoms with van der Waals surface area (Å²) in [6.07, 6.45) is 1.25. The molecule has 4 aromatic rings. The van der Waals surface area contributed by atoms with Crippen molar-refractivity contribution in [3.8, 4) is 28.6 Å². The fraction of sp³-hybridized carbons (Fsp3) is 0.524. The average molecular weight is 804 g/mol. The van der Waals surface area contributed by atoms with E-state index in [-0.39, 0.29) is 58.1 Å². The molecule has 0 radical (unpaired) electrons. The Kier molecular flexibility index (Phi) is 9.92. The molecule has 0 spiro atoms. The minimum atomic E-state index is -4.04. The highest BCUT2D eigenvalue weighted by atomic mass is 32.2. The Balaban J connectivity index is 1.47. The van der Waals surface area contributed by atoms with Gasteiger partial charge in [0.15, 0.2) is 5.82 Å². The number of rotatable bonds is 5. The van der Waals surface area contributed by atoms with Crippen LogP contribution < -0.4 is 9.64 Å². The van der Waals surface area contributed by atoms with Crippen molar-refractivity contribution >= 4 is 51.5 Å². The van der Waals surface area contributed by atoms with Gasteiger partial charge in [-0.25, -0.2) is 36.9 Å². The molecule has 2 aromatic carbocycles. The molecule has 3 aliphatic heterocycles. The highest BCUT2D eigenvalue weighted by Gasteiger charge is 2.54. The summed E-state index contributed by atoms with van der Waals surface area (Å²) in [7, 11) is -6.35. The lowest BCUT2D eigenvalue weighted by Gasteiger charge is -2.48. The number of amides is 1. The second-order valence-corrected chi connectivity index (χ2v) is 25.0. The largest absolute Gasteiger partial charge is 0.472 e. The van der Waals surface area contributed by atoms with Crippen LogP contribution in [0, 0.1) is 23.1 Å². The van der Waals surface area contributed by atoms with Crippen molar-refractivity contribution in [3.63, 3.8) is 0 Å². The molecule has 0 unspecified atom stereocenters. The Morgan fingerprint density at radius 3 is 2.29 bits per heavy atom. The fourth-order valence-electron chi connectivity index (χ4n) is 9.64. The number of halogens is 2. The van der Waals surface area contributed by atoms with Gasteiger partial charge in [0.25, 0.3) is 0 Å².